The maximum Gasteiger partial charge on any atom is 0.416 e. The summed E-state index contributed by atoms with van der Waals surface area (Å²) in [6.07, 6.45) is -4.34. The van der Waals surface area contributed by atoms with Crippen molar-refractivity contribution in [2.24, 2.45) is 5.10 Å². The molecule has 2 aromatic rings. The minimum atomic E-state index is -4.34. The zero-order chi connectivity index (χ0) is 16.4. The summed E-state index contributed by atoms with van der Waals surface area (Å²) in [5.74, 6) is 0.448. The maximum atomic E-state index is 12.6. The van der Waals surface area contributed by atoms with Crippen molar-refractivity contribution in [1.82, 2.24) is 0 Å². The Morgan fingerprint density at radius 2 is 1.65 bits per heavy atom. The first-order valence-corrected chi connectivity index (χ1v) is 7.65. The van der Waals surface area contributed by atoms with Gasteiger partial charge in [-0.25, -0.2) is 0 Å². The summed E-state index contributed by atoms with van der Waals surface area (Å²) in [6.45, 7) is 0.890. The van der Waals surface area contributed by atoms with E-state index in [1.54, 1.807) is 5.01 Å². The van der Waals surface area contributed by atoms with E-state index in [0.717, 1.165) is 22.2 Å². The molecule has 0 fully saturated rings. The maximum absolute atomic E-state index is 12.6. The van der Waals surface area contributed by atoms with Crippen LogP contribution in [0.3, 0.4) is 0 Å². The van der Waals surface area contributed by atoms with Crippen LogP contribution in [0.1, 0.15) is 11.1 Å². The van der Waals surface area contributed by atoms with E-state index in [1.165, 1.54) is 12.1 Å². The first kappa shape index (κ1) is 15.9. The van der Waals surface area contributed by atoms with Gasteiger partial charge in [0.25, 0.3) is 0 Å². The van der Waals surface area contributed by atoms with E-state index < -0.39 is 11.7 Å². The Balaban J connectivity index is 1.85. The van der Waals surface area contributed by atoms with Crippen LogP contribution in [0.5, 0.6) is 0 Å². The normalized spacial score (nSPS) is 15.1. The molecule has 0 spiro atoms. The number of nitrogens with zero attached hydrogens (tertiary/aromatic N) is 2. The molecule has 0 radical (unpaired) electrons. The molecule has 0 aliphatic carbocycles. The zero-order valence-corrected chi connectivity index (χ0v) is 13.4. The Labute approximate surface area is 139 Å². The number of rotatable bonds is 2. The Kier molecular flexibility index (Phi) is 4.30. The Bertz CT molecular complexity index is 712. The molecule has 2 aromatic carbocycles. The van der Waals surface area contributed by atoms with Crippen LogP contribution >= 0.6 is 15.9 Å². The molecule has 7 heteroatoms. The van der Waals surface area contributed by atoms with Crippen LogP contribution in [0.2, 0.25) is 0 Å². The summed E-state index contributed by atoms with van der Waals surface area (Å²) >= 11 is 3.36. The first-order valence-electron chi connectivity index (χ1n) is 6.85. The minimum Gasteiger partial charge on any atom is -0.474 e. The summed E-state index contributed by atoms with van der Waals surface area (Å²) in [5.41, 5.74) is 0.729. The molecule has 0 saturated carbocycles. The van der Waals surface area contributed by atoms with Crippen LogP contribution in [-0.2, 0) is 10.9 Å². The van der Waals surface area contributed by atoms with Gasteiger partial charge >= 0.3 is 6.18 Å². The van der Waals surface area contributed by atoms with Gasteiger partial charge in [-0.1, -0.05) is 15.9 Å². The molecule has 1 aliphatic rings. The lowest BCUT2D eigenvalue weighted by molar-refractivity contribution is -0.137. The SMILES string of the molecule is FC(F)(F)c1ccc(N2CCOC(c3ccc(Br)cc3)=N2)cc1. The molecule has 120 valence electrons. The molecule has 0 N–H and O–H groups in total. The number of hydrogen-bond donors (Lipinski definition) is 0. The number of halogens is 4. The van der Waals surface area contributed by atoms with Crippen molar-refractivity contribution >= 4 is 27.5 Å². The molecule has 0 amide bonds. The third kappa shape index (κ3) is 3.67. The number of benzene rings is 2. The lowest BCUT2D eigenvalue weighted by Crippen LogP contribution is -2.31. The highest BCUT2D eigenvalue weighted by atomic mass is 79.9. The third-order valence-electron chi connectivity index (χ3n) is 3.34. The van der Waals surface area contributed by atoms with Gasteiger partial charge in [-0.05, 0) is 48.5 Å². The quantitative estimate of drug-likeness (QED) is 0.751. The second-order valence-corrected chi connectivity index (χ2v) is 5.84. The summed E-state index contributed by atoms with van der Waals surface area (Å²) in [7, 11) is 0. The van der Waals surface area contributed by atoms with Gasteiger partial charge in [-0.3, -0.25) is 5.01 Å². The molecule has 0 bridgehead atoms. The minimum absolute atomic E-state index is 0.413. The van der Waals surface area contributed by atoms with Gasteiger partial charge in [0.1, 0.15) is 6.61 Å². The van der Waals surface area contributed by atoms with Crippen molar-refractivity contribution in [3.05, 3.63) is 64.1 Å². The highest BCUT2D eigenvalue weighted by Gasteiger charge is 2.30. The van der Waals surface area contributed by atoms with E-state index in [4.69, 9.17) is 4.74 Å². The van der Waals surface area contributed by atoms with Crippen LogP contribution < -0.4 is 5.01 Å². The van der Waals surface area contributed by atoms with Crippen LogP contribution in [-0.4, -0.2) is 19.0 Å². The molecule has 0 saturated heterocycles. The lowest BCUT2D eigenvalue weighted by Gasteiger charge is -2.26. The molecule has 3 rings (SSSR count). The van der Waals surface area contributed by atoms with Gasteiger partial charge in [-0.2, -0.15) is 13.2 Å². The van der Waals surface area contributed by atoms with Crippen molar-refractivity contribution in [1.29, 1.82) is 0 Å². The van der Waals surface area contributed by atoms with E-state index >= 15 is 0 Å². The van der Waals surface area contributed by atoms with Crippen LogP contribution in [0, 0.1) is 0 Å². The molecule has 23 heavy (non-hydrogen) atoms. The monoisotopic (exact) mass is 384 g/mol. The van der Waals surface area contributed by atoms with Gasteiger partial charge in [0.15, 0.2) is 0 Å². The first-order chi connectivity index (χ1) is 10.9. The van der Waals surface area contributed by atoms with Gasteiger partial charge in [0, 0.05) is 10.0 Å². The van der Waals surface area contributed by atoms with Crippen molar-refractivity contribution in [2.45, 2.75) is 6.18 Å². The number of hydrogen-bond acceptors (Lipinski definition) is 3. The Hall–Kier alpha value is -2.02. The Morgan fingerprint density at radius 1 is 1.00 bits per heavy atom. The molecular weight excluding hydrogens is 373 g/mol. The number of ether oxygens (including phenoxy) is 1. The molecule has 0 atom stereocenters. The molecule has 3 nitrogen and oxygen atoms in total. The summed E-state index contributed by atoms with van der Waals surface area (Å²) in [6, 6.07) is 12.4. The molecule has 1 heterocycles. The standard InChI is InChI=1S/C16H12BrF3N2O/c17-13-5-1-11(2-6-13)15-21-22(9-10-23-15)14-7-3-12(4-8-14)16(18,19)20/h1-8H,9-10H2. The van der Waals surface area contributed by atoms with Crippen LogP contribution in [0.4, 0.5) is 18.9 Å². The third-order valence-corrected chi connectivity index (χ3v) is 3.87. The van der Waals surface area contributed by atoms with E-state index in [2.05, 4.69) is 21.0 Å². The van der Waals surface area contributed by atoms with Crippen molar-refractivity contribution in [2.75, 3.05) is 18.2 Å². The number of alkyl halides is 3. The second kappa shape index (κ2) is 6.23. The predicted molar refractivity (Wildman–Crippen MR) is 85.4 cm³/mol. The van der Waals surface area contributed by atoms with Crippen molar-refractivity contribution in [3.8, 4) is 0 Å². The summed E-state index contributed by atoms with van der Waals surface area (Å²) in [5, 5.41) is 6.01. The molecule has 0 aromatic heterocycles. The fourth-order valence-electron chi connectivity index (χ4n) is 2.16. The van der Waals surface area contributed by atoms with E-state index in [9.17, 15) is 13.2 Å². The van der Waals surface area contributed by atoms with E-state index in [1.807, 2.05) is 24.3 Å². The van der Waals surface area contributed by atoms with Crippen molar-refractivity contribution < 1.29 is 17.9 Å². The molecule has 0 unspecified atom stereocenters. The largest absolute Gasteiger partial charge is 0.474 e. The zero-order valence-electron chi connectivity index (χ0n) is 11.8. The van der Waals surface area contributed by atoms with Crippen LogP contribution in [0.25, 0.3) is 0 Å². The fourth-order valence-corrected chi connectivity index (χ4v) is 2.42. The summed E-state index contributed by atoms with van der Waals surface area (Å²) in [4.78, 5) is 0. The van der Waals surface area contributed by atoms with Gasteiger partial charge < -0.3 is 4.74 Å². The summed E-state index contributed by atoms with van der Waals surface area (Å²) < 4.78 is 44.3. The average molecular weight is 385 g/mol. The highest BCUT2D eigenvalue weighted by Crippen LogP contribution is 2.31. The van der Waals surface area contributed by atoms with Gasteiger partial charge in [-0.15, -0.1) is 5.10 Å². The van der Waals surface area contributed by atoms with Gasteiger partial charge in [0.2, 0.25) is 5.90 Å². The molecule has 1 aliphatic heterocycles. The predicted octanol–water partition coefficient (Wildman–Crippen LogP) is 4.67. The van der Waals surface area contributed by atoms with E-state index in [-0.39, 0.29) is 0 Å². The van der Waals surface area contributed by atoms with Crippen LogP contribution in [0.15, 0.2) is 58.1 Å². The van der Waals surface area contributed by atoms with Gasteiger partial charge in [0.05, 0.1) is 17.8 Å². The fraction of sp³-hybridized carbons (Fsp3) is 0.188. The lowest BCUT2D eigenvalue weighted by atomic mass is 10.2. The van der Waals surface area contributed by atoms with Crippen molar-refractivity contribution in [3.63, 3.8) is 0 Å². The highest BCUT2D eigenvalue weighted by molar-refractivity contribution is 9.10. The number of anilines is 1. The van der Waals surface area contributed by atoms with E-state index in [0.29, 0.717) is 24.7 Å². The average Bonchev–Trinajstić information content (AvgIpc) is 2.55. The smallest absolute Gasteiger partial charge is 0.416 e. The number of hydrazone groups is 1. The molecular formula is C16H12BrF3N2O. The Morgan fingerprint density at radius 3 is 2.26 bits per heavy atom. The topological polar surface area (TPSA) is 24.8 Å². The second-order valence-electron chi connectivity index (χ2n) is 4.93.